The van der Waals surface area contributed by atoms with Gasteiger partial charge in [0.25, 0.3) is 0 Å². The number of imidazole rings is 1. The lowest BCUT2D eigenvalue weighted by molar-refractivity contribution is 0.752. The number of nitrogens with two attached hydrogens (primary N) is 1. The molecule has 0 spiro atoms. The monoisotopic (exact) mass is 165 g/mol. The summed E-state index contributed by atoms with van der Waals surface area (Å²) < 4.78 is 1.92. The Morgan fingerprint density at radius 3 is 2.92 bits per heavy atom. The maximum absolute atomic E-state index is 5.81. The number of rotatable bonds is 3. The van der Waals surface area contributed by atoms with E-state index in [4.69, 9.17) is 5.73 Å². The van der Waals surface area contributed by atoms with Gasteiger partial charge in [-0.1, -0.05) is 12.2 Å². The van der Waals surface area contributed by atoms with Gasteiger partial charge in [-0.3, -0.25) is 0 Å². The van der Waals surface area contributed by atoms with Gasteiger partial charge in [-0.2, -0.15) is 0 Å². The number of hydrogen-bond acceptors (Lipinski definition) is 2. The van der Waals surface area contributed by atoms with Crippen molar-refractivity contribution in [1.29, 1.82) is 0 Å². The van der Waals surface area contributed by atoms with Crippen molar-refractivity contribution in [2.75, 3.05) is 0 Å². The Hall–Kier alpha value is -1.09. The highest BCUT2D eigenvalue weighted by molar-refractivity contribution is 5.08. The lowest BCUT2D eigenvalue weighted by Gasteiger charge is -2.07. The first kappa shape index (κ1) is 9.00. The zero-order chi connectivity index (χ0) is 9.14. The Morgan fingerprint density at radius 2 is 2.50 bits per heavy atom. The molecule has 1 atom stereocenters. The molecule has 66 valence electrons. The van der Waals surface area contributed by atoms with Crippen LogP contribution < -0.4 is 5.73 Å². The molecule has 0 aromatic carbocycles. The molecule has 1 rings (SSSR count). The molecule has 0 saturated carbocycles. The van der Waals surface area contributed by atoms with E-state index >= 15 is 0 Å². The second kappa shape index (κ2) is 3.54. The maximum Gasteiger partial charge on any atom is 0.0946 e. The van der Waals surface area contributed by atoms with Crippen LogP contribution in [0.2, 0.25) is 0 Å². The smallest absolute Gasteiger partial charge is 0.0946 e. The first-order chi connectivity index (χ1) is 5.59. The first-order valence-electron chi connectivity index (χ1n) is 3.97. The quantitative estimate of drug-likeness (QED) is 0.675. The summed E-state index contributed by atoms with van der Waals surface area (Å²) in [5, 5.41) is 0. The van der Waals surface area contributed by atoms with Crippen LogP contribution in [0.1, 0.15) is 12.6 Å². The highest BCUT2D eigenvalue weighted by Gasteiger charge is 2.05. The molecular formula is C9H15N3. The molecule has 0 unspecified atom stereocenters. The van der Waals surface area contributed by atoms with E-state index in [2.05, 4.69) is 11.6 Å². The molecule has 12 heavy (non-hydrogen) atoms. The maximum atomic E-state index is 5.81. The SMILES string of the molecule is C=C(C)[C@H](N)Cc1cn(C)cn1. The third-order valence-electron chi connectivity index (χ3n) is 1.82. The Labute approximate surface area is 72.9 Å². The van der Waals surface area contributed by atoms with Crippen molar-refractivity contribution in [3.63, 3.8) is 0 Å². The molecule has 0 radical (unpaired) electrons. The predicted molar refractivity (Wildman–Crippen MR) is 49.7 cm³/mol. The average molecular weight is 165 g/mol. The van der Waals surface area contributed by atoms with Gasteiger partial charge >= 0.3 is 0 Å². The van der Waals surface area contributed by atoms with Crippen LogP contribution >= 0.6 is 0 Å². The predicted octanol–water partition coefficient (Wildman–Crippen LogP) is 0.866. The Morgan fingerprint density at radius 1 is 1.83 bits per heavy atom. The van der Waals surface area contributed by atoms with E-state index in [9.17, 15) is 0 Å². The van der Waals surface area contributed by atoms with E-state index in [0.29, 0.717) is 0 Å². The topological polar surface area (TPSA) is 43.8 Å². The minimum atomic E-state index is 0.0277. The van der Waals surface area contributed by atoms with Crippen molar-refractivity contribution >= 4 is 0 Å². The molecule has 0 aliphatic heterocycles. The second-order valence-electron chi connectivity index (χ2n) is 3.19. The van der Waals surface area contributed by atoms with Gasteiger partial charge < -0.3 is 10.3 Å². The number of nitrogens with zero attached hydrogens (tertiary/aromatic N) is 2. The first-order valence-corrected chi connectivity index (χ1v) is 3.97. The van der Waals surface area contributed by atoms with Crippen LogP contribution in [0.4, 0.5) is 0 Å². The van der Waals surface area contributed by atoms with Crippen LogP contribution in [0.25, 0.3) is 0 Å². The highest BCUT2D eigenvalue weighted by atomic mass is 15.0. The minimum Gasteiger partial charge on any atom is -0.340 e. The number of hydrogen-bond donors (Lipinski definition) is 1. The summed E-state index contributed by atoms with van der Waals surface area (Å²) >= 11 is 0. The Bertz CT molecular complexity index is 275. The molecule has 2 N–H and O–H groups in total. The zero-order valence-electron chi connectivity index (χ0n) is 7.62. The van der Waals surface area contributed by atoms with Gasteiger partial charge in [0.15, 0.2) is 0 Å². The standard InChI is InChI=1S/C9H15N3/c1-7(2)9(10)4-8-5-12(3)6-11-8/h5-6,9H,1,4,10H2,2-3H3/t9-/m1/s1. The van der Waals surface area contributed by atoms with Gasteiger partial charge in [0.1, 0.15) is 0 Å². The molecule has 0 aliphatic carbocycles. The molecule has 3 heteroatoms. The molecular weight excluding hydrogens is 150 g/mol. The average Bonchev–Trinajstić information content (AvgIpc) is 2.35. The summed E-state index contributed by atoms with van der Waals surface area (Å²) in [5.41, 5.74) is 7.83. The molecule has 0 amide bonds. The summed E-state index contributed by atoms with van der Waals surface area (Å²) in [4.78, 5) is 4.18. The van der Waals surface area contributed by atoms with E-state index in [1.165, 1.54) is 0 Å². The lowest BCUT2D eigenvalue weighted by atomic mass is 10.1. The van der Waals surface area contributed by atoms with Crippen molar-refractivity contribution in [3.05, 3.63) is 30.4 Å². The van der Waals surface area contributed by atoms with Gasteiger partial charge in [0.05, 0.1) is 12.0 Å². The van der Waals surface area contributed by atoms with Crippen molar-refractivity contribution < 1.29 is 0 Å². The Kier molecular flexibility index (Phi) is 2.65. The second-order valence-corrected chi connectivity index (χ2v) is 3.19. The van der Waals surface area contributed by atoms with Crippen LogP contribution in [-0.2, 0) is 13.5 Å². The molecule has 3 nitrogen and oxygen atoms in total. The van der Waals surface area contributed by atoms with Gasteiger partial charge in [-0.05, 0) is 6.92 Å². The molecule has 1 heterocycles. The fourth-order valence-corrected chi connectivity index (χ4v) is 0.972. The summed E-state index contributed by atoms with van der Waals surface area (Å²) in [6.45, 7) is 5.74. The van der Waals surface area contributed by atoms with Crippen LogP contribution in [0.15, 0.2) is 24.7 Å². The van der Waals surface area contributed by atoms with Crippen molar-refractivity contribution in [1.82, 2.24) is 9.55 Å². The van der Waals surface area contributed by atoms with E-state index in [0.717, 1.165) is 17.7 Å². The third kappa shape index (κ3) is 2.20. The summed E-state index contributed by atoms with van der Waals surface area (Å²) in [6.07, 6.45) is 4.53. The van der Waals surface area contributed by atoms with Crippen LogP contribution in [0.5, 0.6) is 0 Å². The fraction of sp³-hybridized carbons (Fsp3) is 0.444. The van der Waals surface area contributed by atoms with E-state index in [1.54, 1.807) is 6.33 Å². The van der Waals surface area contributed by atoms with E-state index in [-0.39, 0.29) is 6.04 Å². The lowest BCUT2D eigenvalue weighted by Crippen LogP contribution is -2.23. The Balaban J connectivity index is 2.58. The molecule has 0 aliphatic rings. The molecule has 0 fully saturated rings. The highest BCUT2D eigenvalue weighted by Crippen LogP contribution is 2.03. The van der Waals surface area contributed by atoms with Crippen LogP contribution in [0, 0.1) is 0 Å². The van der Waals surface area contributed by atoms with Crippen molar-refractivity contribution in [2.45, 2.75) is 19.4 Å². The van der Waals surface area contributed by atoms with Crippen LogP contribution in [0.3, 0.4) is 0 Å². The largest absolute Gasteiger partial charge is 0.340 e. The minimum absolute atomic E-state index is 0.0277. The van der Waals surface area contributed by atoms with Gasteiger partial charge in [0, 0.05) is 25.7 Å². The molecule has 0 saturated heterocycles. The third-order valence-corrected chi connectivity index (χ3v) is 1.82. The van der Waals surface area contributed by atoms with Gasteiger partial charge in [0.2, 0.25) is 0 Å². The van der Waals surface area contributed by atoms with E-state index in [1.807, 2.05) is 24.7 Å². The number of aromatic nitrogens is 2. The summed E-state index contributed by atoms with van der Waals surface area (Å²) in [7, 11) is 1.95. The molecule has 1 aromatic heterocycles. The van der Waals surface area contributed by atoms with Crippen molar-refractivity contribution in [3.8, 4) is 0 Å². The fourth-order valence-electron chi connectivity index (χ4n) is 0.972. The zero-order valence-corrected chi connectivity index (χ0v) is 7.62. The summed E-state index contributed by atoms with van der Waals surface area (Å²) in [5.74, 6) is 0. The van der Waals surface area contributed by atoms with Gasteiger partial charge in [-0.15, -0.1) is 0 Å². The summed E-state index contributed by atoms with van der Waals surface area (Å²) in [6, 6.07) is 0.0277. The van der Waals surface area contributed by atoms with Crippen LogP contribution in [-0.4, -0.2) is 15.6 Å². The normalized spacial score (nSPS) is 12.9. The molecule has 1 aromatic rings. The molecule has 0 bridgehead atoms. The number of aryl methyl sites for hydroxylation is 1. The van der Waals surface area contributed by atoms with Gasteiger partial charge in [-0.25, -0.2) is 4.98 Å². The van der Waals surface area contributed by atoms with E-state index < -0.39 is 0 Å². The van der Waals surface area contributed by atoms with Crippen molar-refractivity contribution in [2.24, 2.45) is 12.8 Å².